The summed E-state index contributed by atoms with van der Waals surface area (Å²) in [7, 11) is 0. The average Bonchev–Trinajstić information content (AvgIpc) is 2.19. The minimum absolute atomic E-state index is 0.0892. The largest absolute Gasteiger partial charge is 0.388 e. The van der Waals surface area contributed by atoms with E-state index in [1.165, 1.54) is 6.07 Å². The van der Waals surface area contributed by atoms with Crippen LogP contribution in [0.2, 0.25) is 0 Å². The van der Waals surface area contributed by atoms with E-state index in [4.69, 9.17) is 0 Å². The zero-order chi connectivity index (χ0) is 10.7. The van der Waals surface area contributed by atoms with Gasteiger partial charge >= 0.3 is 0 Å². The summed E-state index contributed by atoms with van der Waals surface area (Å²) in [4.78, 5) is 0. The van der Waals surface area contributed by atoms with Gasteiger partial charge in [-0.2, -0.15) is 0 Å². The Morgan fingerprint density at radius 3 is 2.64 bits per heavy atom. The summed E-state index contributed by atoms with van der Waals surface area (Å²) >= 11 is 0. The van der Waals surface area contributed by atoms with E-state index >= 15 is 0 Å². The van der Waals surface area contributed by atoms with Crippen molar-refractivity contribution in [2.24, 2.45) is 5.92 Å². The van der Waals surface area contributed by atoms with Crippen LogP contribution in [0.4, 0.5) is 4.39 Å². The second-order valence-corrected chi connectivity index (χ2v) is 3.86. The maximum Gasteiger partial charge on any atom is 0.129 e. The molecule has 1 N–H and O–H groups in total. The molecule has 2 unspecified atom stereocenters. The first kappa shape index (κ1) is 11.2. The summed E-state index contributed by atoms with van der Waals surface area (Å²) < 4.78 is 13.4. The van der Waals surface area contributed by atoms with E-state index in [0.717, 1.165) is 12.0 Å². The fourth-order valence-electron chi connectivity index (χ4n) is 1.42. The molecule has 78 valence electrons. The Balaban J connectivity index is 2.99. The van der Waals surface area contributed by atoms with Gasteiger partial charge in [0.1, 0.15) is 5.82 Å². The number of aliphatic hydroxyl groups excluding tert-OH is 1. The van der Waals surface area contributed by atoms with Crippen molar-refractivity contribution < 1.29 is 9.50 Å². The van der Waals surface area contributed by atoms with Crippen LogP contribution in [0.5, 0.6) is 0 Å². The molecule has 0 fully saturated rings. The van der Waals surface area contributed by atoms with Gasteiger partial charge in [-0.05, 0) is 18.9 Å². The predicted molar refractivity (Wildman–Crippen MR) is 55.6 cm³/mol. The van der Waals surface area contributed by atoms with Gasteiger partial charge in [-0.15, -0.1) is 0 Å². The number of benzene rings is 1. The molecule has 1 nitrogen and oxygen atoms in total. The van der Waals surface area contributed by atoms with E-state index in [9.17, 15) is 9.50 Å². The second-order valence-electron chi connectivity index (χ2n) is 3.86. The smallest absolute Gasteiger partial charge is 0.129 e. The molecule has 0 aliphatic heterocycles. The van der Waals surface area contributed by atoms with Gasteiger partial charge in [0.15, 0.2) is 0 Å². The standard InChI is InChI=1S/C12H17FO/c1-4-9(3)12(14)10-7-8(2)5-6-11(10)13/h5-7,9,12,14H,4H2,1-3H3. The molecule has 1 aromatic carbocycles. The molecule has 0 saturated carbocycles. The third-order valence-corrected chi connectivity index (χ3v) is 2.65. The van der Waals surface area contributed by atoms with Crippen molar-refractivity contribution in [1.82, 2.24) is 0 Å². The Labute approximate surface area is 84.6 Å². The SMILES string of the molecule is CCC(C)C(O)c1cc(C)ccc1F. The predicted octanol–water partition coefficient (Wildman–Crippen LogP) is 3.21. The van der Waals surface area contributed by atoms with Crippen molar-refractivity contribution in [3.8, 4) is 0 Å². The van der Waals surface area contributed by atoms with Crippen LogP contribution in [0, 0.1) is 18.7 Å². The molecular weight excluding hydrogens is 179 g/mol. The molecule has 1 aromatic rings. The number of aliphatic hydroxyl groups is 1. The van der Waals surface area contributed by atoms with Crippen molar-refractivity contribution in [3.05, 3.63) is 35.1 Å². The van der Waals surface area contributed by atoms with Gasteiger partial charge in [-0.3, -0.25) is 0 Å². The van der Waals surface area contributed by atoms with Gasteiger partial charge in [0, 0.05) is 5.56 Å². The van der Waals surface area contributed by atoms with Gasteiger partial charge in [0.2, 0.25) is 0 Å². The van der Waals surface area contributed by atoms with E-state index in [-0.39, 0.29) is 11.7 Å². The van der Waals surface area contributed by atoms with Crippen molar-refractivity contribution in [2.45, 2.75) is 33.3 Å². The summed E-state index contributed by atoms with van der Waals surface area (Å²) in [6, 6.07) is 4.84. The average molecular weight is 196 g/mol. The molecule has 0 bridgehead atoms. The van der Waals surface area contributed by atoms with Crippen LogP contribution in [0.15, 0.2) is 18.2 Å². The third-order valence-electron chi connectivity index (χ3n) is 2.65. The number of hydrogen-bond acceptors (Lipinski definition) is 1. The lowest BCUT2D eigenvalue weighted by molar-refractivity contribution is 0.111. The molecule has 0 aliphatic carbocycles. The highest BCUT2D eigenvalue weighted by molar-refractivity contribution is 5.26. The highest BCUT2D eigenvalue weighted by Crippen LogP contribution is 2.26. The molecule has 0 saturated heterocycles. The molecule has 0 aromatic heterocycles. The van der Waals surface area contributed by atoms with Crippen LogP contribution in [0.3, 0.4) is 0 Å². The summed E-state index contributed by atoms with van der Waals surface area (Å²) in [5.74, 6) is -0.227. The first-order valence-corrected chi connectivity index (χ1v) is 5.00. The summed E-state index contributed by atoms with van der Waals surface area (Å²) in [6.07, 6.45) is 0.147. The zero-order valence-electron chi connectivity index (χ0n) is 8.92. The van der Waals surface area contributed by atoms with Crippen LogP contribution in [-0.2, 0) is 0 Å². The number of aryl methyl sites for hydroxylation is 1. The molecule has 0 amide bonds. The topological polar surface area (TPSA) is 20.2 Å². The quantitative estimate of drug-likeness (QED) is 0.787. The summed E-state index contributed by atoms with van der Waals surface area (Å²) in [5.41, 5.74) is 1.39. The van der Waals surface area contributed by atoms with Crippen molar-refractivity contribution in [1.29, 1.82) is 0 Å². The Hall–Kier alpha value is -0.890. The zero-order valence-corrected chi connectivity index (χ0v) is 8.92. The Morgan fingerprint density at radius 2 is 2.07 bits per heavy atom. The molecule has 2 atom stereocenters. The Bertz CT molecular complexity index is 309. The van der Waals surface area contributed by atoms with E-state index < -0.39 is 6.10 Å². The van der Waals surface area contributed by atoms with E-state index in [1.807, 2.05) is 20.8 Å². The molecule has 1 rings (SSSR count). The lowest BCUT2D eigenvalue weighted by atomic mass is 9.94. The normalized spacial score (nSPS) is 15.2. The molecule has 14 heavy (non-hydrogen) atoms. The van der Waals surface area contributed by atoms with E-state index in [0.29, 0.717) is 5.56 Å². The molecule has 2 heteroatoms. The fourth-order valence-corrected chi connectivity index (χ4v) is 1.42. The number of halogens is 1. The molecular formula is C12H17FO. The second kappa shape index (κ2) is 4.56. The van der Waals surface area contributed by atoms with Crippen LogP contribution in [-0.4, -0.2) is 5.11 Å². The minimum atomic E-state index is -0.695. The summed E-state index contributed by atoms with van der Waals surface area (Å²) in [6.45, 7) is 5.81. The Morgan fingerprint density at radius 1 is 1.43 bits per heavy atom. The van der Waals surface area contributed by atoms with E-state index in [2.05, 4.69) is 0 Å². The number of rotatable bonds is 3. The van der Waals surface area contributed by atoms with Gasteiger partial charge in [-0.25, -0.2) is 4.39 Å². The van der Waals surface area contributed by atoms with Gasteiger partial charge in [0.25, 0.3) is 0 Å². The van der Waals surface area contributed by atoms with Crippen molar-refractivity contribution in [2.75, 3.05) is 0 Å². The molecule has 0 radical (unpaired) electrons. The van der Waals surface area contributed by atoms with Crippen LogP contribution in [0.1, 0.15) is 37.5 Å². The number of hydrogen-bond donors (Lipinski definition) is 1. The van der Waals surface area contributed by atoms with E-state index in [1.54, 1.807) is 12.1 Å². The van der Waals surface area contributed by atoms with Crippen molar-refractivity contribution >= 4 is 0 Å². The van der Waals surface area contributed by atoms with Crippen molar-refractivity contribution in [3.63, 3.8) is 0 Å². The molecule has 0 aliphatic rings. The lowest BCUT2D eigenvalue weighted by Crippen LogP contribution is -2.10. The van der Waals surface area contributed by atoms with Crippen LogP contribution >= 0.6 is 0 Å². The highest BCUT2D eigenvalue weighted by Gasteiger charge is 2.18. The van der Waals surface area contributed by atoms with Crippen LogP contribution in [0.25, 0.3) is 0 Å². The maximum absolute atomic E-state index is 13.4. The first-order chi connectivity index (χ1) is 6.56. The molecule has 0 spiro atoms. The maximum atomic E-state index is 13.4. The van der Waals surface area contributed by atoms with Gasteiger partial charge in [-0.1, -0.05) is 38.0 Å². The van der Waals surface area contributed by atoms with Gasteiger partial charge in [0.05, 0.1) is 6.10 Å². The van der Waals surface area contributed by atoms with Crippen LogP contribution < -0.4 is 0 Å². The van der Waals surface area contributed by atoms with Gasteiger partial charge < -0.3 is 5.11 Å². The Kier molecular flexibility index (Phi) is 3.64. The third kappa shape index (κ3) is 2.32. The molecule has 0 heterocycles. The fraction of sp³-hybridized carbons (Fsp3) is 0.500. The summed E-state index contributed by atoms with van der Waals surface area (Å²) in [5, 5.41) is 9.85. The lowest BCUT2D eigenvalue weighted by Gasteiger charge is -2.18. The first-order valence-electron chi connectivity index (χ1n) is 5.00. The monoisotopic (exact) mass is 196 g/mol. The highest BCUT2D eigenvalue weighted by atomic mass is 19.1. The minimum Gasteiger partial charge on any atom is -0.388 e.